The quantitative estimate of drug-likeness (QED) is 0.157. The van der Waals surface area contributed by atoms with Crippen molar-refractivity contribution in [2.45, 2.75) is 130 Å². The van der Waals surface area contributed by atoms with E-state index in [-0.39, 0.29) is 24.1 Å². The van der Waals surface area contributed by atoms with E-state index >= 15 is 0 Å². The predicted octanol–water partition coefficient (Wildman–Crippen LogP) is 9.38. The molecule has 0 N–H and O–H groups in total. The first kappa shape index (κ1) is 32.5. The van der Waals surface area contributed by atoms with Crippen LogP contribution in [0.2, 0.25) is 0 Å². The van der Waals surface area contributed by atoms with Gasteiger partial charge >= 0.3 is 0 Å². The molecular formula is C34H52O5. The van der Waals surface area contributed by atoms with Gasteiger partial charge in [-0.1, -0.05) is 71.4 Å². The fourth-order valence-corrected chi connectivity index (χ4v) is 4.62. The molecule has 218 valence electrons. The van der Waals surface area contributed by atoms with Crippen LogP contribution in [0.15, 0.2) is 36.4 Å². The number of hydrogen-bond acceptors (Lipinski definition) is 5. The van der Waals surface area contributed by atoms with E-state index in [1.807, 2.05) is 36.4 Å². The molecule has 0 aliphatic rings. The maximum Gasteiger partial charge on any atom is 0.165 e. The molecule has 0 aliphatic carbocycles. The zero-order valence-corrected chi connectivity index (χ0v) is 25.5. The highest BCUT2D eigenvalue weighted by Crippen LogP contribution is 2.38. The largest absolute Gasteiger partial charge is 0.493 e. The Morgan fingerprint density at radius 3 is 1.87 bits per heavy atom. The van der Waals surface area contributed by atoms with Crippen molar-refractivity contribution in [3.8, 4) is 23.0 Å². The topological polar surface area (TPSA) is 54.0 Å². The van der Waals surface area contributed by atoms with Crippen molar-refractivity contribution in [2.24, 2.45) is 0 Å². The number of benzene rings is 2. The van der Waals surface area contributed by atoms with Gasteiger partial charge in [0.2, 0.25) is 0 Å². The van der Waals surface area contributed by atoms with Crippen LogP contribution in [0.1, 0.15) is 122 Å². The van der Waals surface area contributed by atoms with Crippen LogP contribution in [0.25, 0.3) is 0 Å². The van der Waals surface area contributed by atoms with E-state index in [0.717, 1.165) is 74.8 Å². The van der Waals surface area contributed by atoms with Crippen LogP contribution in [-0.4, -0.2) is 31.2 Å². The highest BCUT2D eigenvalue weighted by atomic mass is 16.5. The lowest BCUT2D eigenvalue weighted by molar-refractivity contribution is 0.0981. The van der Waals surface area contributed by atoms with E-state index in [1.165, 1.54) is 0 Å². The standard InChI is InChI=1S/C34H52O5/c1-8-11-15-25(4)37-30-19-14-18-28(22-30)32(35)21-20-29-23-31(38-26(5)16-12-9-2)24-33(36-7)34(29)39-27(6)17-13-10-3/h14,18-19,22-27H,8-13,15-17,20-21H2,1-7H3. The predicted molar refractivity (Wildman–Crippen MR) is 161 cm³/mol. The summed E-state index contributed by atoms with van der Waals surface area (Å²) in [4.78, 5) is 13.3. The smallest absolute Gasteiger partial charge is 0.165 e. The molecule has 0 heterocycles. The fourth-order valence-electron chi connectivity index (χ4n) is 4.62. The Kier molecular flexibility index (Phi) is 14.9. The molecule has 0 aliphatic heterocycles. The monoisotopic (exact) mass is 540 g/mol. The van der Waals surface area contributed by atoms with E-state index in [9.17, 15) is 4.79 Å². The van der Waals surface area contributed by atoms with Crippen LogP contribution in [-0.2, 0) is 6.42 Å². The van der Waals surface area contributed by atoms with E-state index < -0.39 is 0 Å². The van der Waals surface area contributed by atoms with Gasteiger partial charge in [0.1, 0.15) is 11.5 Å². The summed E-state index contributed by atoms with van der Waals surface area (Å²) >= 11 is 0. The van der Waals surface area contributed by atoms with E-state index in [1.54, 1.807) is 7.11 Å². The summed E-state index contributed by atoms with van der Waals surface area (Å²) in [5.74, 6) is 2.94. The molecule has 2 rings (SSSR count). The molecule has 0 amide bonds. The molecule has 3 unspecified atom stereocenters. The van der Waals surface area contributed by atoms with Crippen molar-refractivity contribution >= 4 is 5.78 Å². The molecule has 2 aromatic carbocycles. The van der Waals surface area contributed by atoms with Gasteiger partial charge < -0.3 is 18.9 Å². The third-order valence-electron chi connectivity index (χ3n) is 6.99. The molecule has 3 atom stereocenters. The van der Waals surface area contributed by atoms with E-state index in [4.69, 9.17) is 18.9 Å². The number of aryl methyl sites for hydroxylation is 1. The molecule has 39 heavy (non-hydrogen) atoms. The first-order valence-corrected chi connectivity index (χ1v) is 15.1. The van der Waals surface area contributed by atoms with Gasteiger partial charge in [0, 0.05) is 23.6 Å². The number of carbonyl (C=O) groups excluding carboxylic acids is 1. The lowest BCUT2D eigenvalue weighted by Crippen LogP contribution is -2.15. The number of rotatable bonds is 20. The number of ether oxygens (including phenoxy) is 4. The Labute approximate surface area is 237 Å². The van der Waals surface area contributed by atoms with Crippen molar-refractivity contribution in [3.63, 3.8) is 0 Å². The zero-order chi connectivity index (χ0) is 28.6. The fraction of sp³-hybridized carbons (Fsp3) is 0.618. The Morgan fingerprint density at radius 1 is 0.744 bits per heavy atom. The average molecular weight is 541 g/mol. The Bertz CT molecular complexity index is 986. The number of unbranched alkanes of at least 4 members (excludes halogenated alkanes) is 3. The molecule has 5 heteroatoms. The van der Waals surface area contributed by atoms with E-state index in [2.05, 4.69) is 41.5 Å². The van der Waals surface area contributed by atoms with Gasteiger partial charge in [-0.05, 0) is 64.7 Å². The maximum atomic E-state index is 13.3. The summed E-state index contributed by atoms with van der Waals surface area (Å²) in [5, 5.41) is 0. The van der Waals surface area contributed by atoms with Gasteiger partial charge in [-0.3, -0.25) is 4.79 Å². The lowest BCUT2D eigenvalue weighted by Gasteiger charge is -2.22. The SMILES string of the molecule is CCCCC(C)Oc1cccc(C(=O)CCc2cc(OC(C)CCCC)cc(OC)c2OC(C)CCCC)c1. The van der Waals surface area contributed by atoms with Gasteiger partial charge in [-0.25, -0.2) is 0 Å². The molecule has 0 fully saturated rings. The van der Waals surface area contributed by atoms with Gasteiger partial charge in [0.15, 0.2) is 17.3 Å². The van der Waals surface area contributed by atoms with Crippen molar-refractivity contribution in [1.29, 1.82) is 0 Å². The molecule has 0 saturated carbocycles. The highest BCUT2D eigenvalue weighted by Gasteiger charge is 2.19. The molecule has 0 aromatic heterocycles. The van der Waals surface area contributed by atoms with Crippen LogP contribution in [0.4, 0.5) is 0 Å². The van der Waals surface area contributed by atoms with Gasteiger partial charge in [-0.15, -0.1) is 0 Å². The number of Topliss-reactive ketones (excluding diaryl/α,β-unsaturated/α-hetero) is 1. The molecule has 0 radical (unpaired) electrons. The molecule has 2 aromatic rings. The van der Waals surface area contributed by atoms with Crippen molar-refractivity contribution in [3.05, 3.63) is 47.5 Å². The summed E-state index contributed by atoms with van der Waals surface area (Å²) in [7, 11) is 1.66. The summed E-state index contributed by atoms with van der Waals surface area (Å²) in [6.07, 6.45) is 10.9. The maximum absolute atomic E-state index is 13.3. The van der Waals surface area contributed by atoms with Crippen LogP contribution in [0, 0.1) is 0 Å². The van der Waals surface area contributed by atoms with Gasteiger partial charge in [0.25, 0.3) is 0 Å². The number of ketones is 1. The number of carbonyl (C=O) groups is 1. The van der Waals surface area contributed by atoms with Crippen molar-refractivity contribution in [2.75, 3.05) is 7.11 Å². The first-order chi connectivity index (χ1) is 18.8. The second-order valence-corrected chi connectivity index (χ2v) is 10.8. The first-order valence-electron chi connectivity index (χ1n) is 15.1. The normalized spacial score (nSPS) is 13.4. The highest BCUT2D eigenvalue weighted by molar-refractivity contribution is 5.96. The van der Waals surface area contributed by atoms with Crippen molar-refractivity contribution < 1.29 is 23.7 Å². The lowest BCUT2D eigenvalue weighted by atomic mass is 10.0. The molecule has 0 spiro atoms. The Hall–Kier alpha value is -2.69. The van der Waals surface area contributed by atoms with Crippen LogP contribution < -0.4 is 18.9 Å². The molecule has 0 bridgehead atoms. The second-order valence-electron chi connectivity index (χ2n) is 10.8. The minimum absolute atomic E-state index is 0.0482. The van der Waals surface area contributed by atoms with Crippen LogP contribution in [0.5, 0.6) is 23.0 Å². The van der Waals surface area contributed by atoms with Gasteiger partial charge in [-0.2, -0.15) is 0 Å². The van der Waals surface area contributed by atoms with E-state index in [0.29, 0.717) is 29.9 Å². The number of hydrogen-bond donors (Lipinski definition) is 0. The van der Waals surface area contributed by atoms with Crippen LogP contribution >= 0.6 is 0 Å². The van der Waals surface area contributed by atoms with Gasteiger partial charge in [0.05, 0.1) is 25.4 Å². The van der Waals surface area contributed by atoms with Crippen molar-refractivity contribution in [1.82, 2.24) is 0 Å². The summed E-state index contributed by atoms with van der Waals surface area (Å²) in [5.41, 5.74) is 1.60. The molecular weight excluding hydrogens is 488 g/mol. The third kappa shape index (κ3) is 11.5. The van der Waals surface area contributed by atoms with Crippen LogP contribution in [0.3, 0.4) is 0 Å². The Morgan fingerprint density at radius 2 is 1.31 bits per heavy atom. The summed E-state index contributed by atoms with van der Waals surface area (Å²) < 4.78 is 24.5. The summed E-state index contributed by atoms with van der Waals surface area (Å²) in [6.45, 7) is 12.8. The average Bonchev–Trinajstić information content (AvgIpc) is 2.93. The minimum atomic E-state index is 0.0482. The molecule has 5 nitrogen and oxygen atoms in total. The second kappa shape index (κ2) is 17.8. The molecule has 0 saturated heterocycles. The Balaban J connectivity index is 2.24. The summed E-state index contributed by atoms with van der Waals surface area (Å²) in [6, 6.07) is 11.5. The third-order valence-corrected chi connectivity index (χ3v) is 6.99. The minimum Gasteiger partial charge on any atom is -0.493 e. The number of methoxy groups -OCH3 is 1. The zero-order valence-electron chi connectivity index (χ0n) is 25.5.